The van der Waals surface area contributed by atoms with Crippen LogP contribution < -0.4 is 0 Å². The fourth-order valence-corrected chi connectivity index (χ4v) is 2.13. The summed E-state index contributed by atoms with van der Waals surface area (Å²) in [5, 5.41) is 14.4. The first-order chi connectivity index (χ1) is 8.24. The molecule has 0 radical (unpaired) electrons. The average molecular weight is 239 g/mol. The van der Waals surface area contributed by atoms with Gasteiger partial charge in [-0.3, -0.25) is 9.58 Å². The summed E-state index contributed by atoms with van der Waals surface area (Å²) < 4.78 is 7.46. The Hall–Kier alpha value is -0.910. The lowest BCUT2D eigenvalue weighted by atomic mass is 10.1. The third kappa shape index (κ3) is 2.86. The minimum atomic E-state index is -0.579. The molecular formula is C12H21N3O2. The van der Waals surface area contributed by atoms with Crippen LogP contribution in [0.2, 0.25) is 0 Å². The summed E-state index contributed by atoms with van der Waals surface area (Å²) in [5.41, 5.74) is 0.842. The van der Waals surface area contributed by atoms with Crippen LogP contribution >= 0.6 is 0 Å². The molecule has 1 aromatic heterocycles. The molecule has 2 atom stereocenters. The van der Waals surface area contributed by atoms with Gasteiger partial charge in [0.25, 0.3) is 0 Å². The smallest absolute Gasteiger partial charge is 0.109 e. The van der Waals surface area contributed by atoms with Gasteiger partial charge >= 0.3 is 0 Å². The Labute approximate surface area is 102 Å². The molecule has 2 heterocycles. The van der Waals surface area contributed by atoms with Crippen LogP contribution in [0.15, 0.2) is 12.4 Å². The molecule has 5 heteroatoms. The summed E-state index contributed by atoms with van der Waals surface area (Å²) in [4.78, 5) is 2.29. The largest absolute Gasteiger partial charge is 0.386 e. The predicted octanol–water partition coefficient (Wildman–Crippen LogP) is 0.657. The molecule has 0 bridgehead atoms. The van der Waals surface area contributed by atoms with E-state index in [1.54, 1.807) is 6.20 Å². The van der Waals surface area contributed by atoms with Crippen molar-refractivity contribution in [1.82, 2.24) is 14.7 Å². The third-order valence-corrected chi connectivity index (χ3v) is 3.30. The van der Waals surface area contributed by atoms with Crippen LogP contribution in [0.5, 0.6) is 0 Å². The van der Waals surface area contributed by atoms with E-state index in [0.29, 0.717) is 6.61 Å². The normalized spacial score (nSPS) is 23.8. The van der Waals surface area contributed by atoms with Gasteiger partial charge in [0.2, 0.25) is 0 Å². The van der Waals surface area contributed by atoms with Gasteiger partial charge in [-0.2, -0.15) is 5.10 Å². The second-order valence-electron chi connectivity index (χ2n) is 4.38. The molecule has 1 saturated heterocycles. The van der Waals surface area contributed by atoms with E-state index in [9.17, 15) is 5.11 Å². The molecule has 1 aliphatic rings. The number of aliphatic hydroxyl groups is 1. The Balaban J connectivity index is 2.00. The Morgan fingerprint density at radius 1 is 1.53 bits per heavy atom. The van der Waals surface area contributed by atoms with Crippen molar-refractivity contribution in [2.75, 3.05) is 26.2 Å². The molecule has 2 unspecified atom stereocenters. The van der Waals surface area contributed by atoms with E-state index in [0.717, 1.165) is 31.7 Å². The van der Waals surface area contributed by atoms with Gasteiger partial charge in [0.1, 0.15) is 12.2 Å². The number of aliphatic hydroxyl groups excluding tert-OH is 1. The summed E-state index contributed by atoms with van der Waals surface area (Å²) in [6.07, 6.45) is 2.89. The summed E-state index contributed by atoms with van der Waals surface area (Å²) in [6.45, 7) is 8.41. The van der Waals surface area contributed by atoms with Gasteiger partial charge in [-0.1, -0.05) is 6.92 Å². The number of nitrogens with zero attached hydrogens (tertiary/aromatic N) is 3. The average Bonchev–Trinajstić information content (AvgIpc) is 2.86. The van der Waals surface area contributed by atoms with E-state index in [4.69, 9.17) is 4.74 Å². The molecule has 1 N–H and O–H groups in total. The van der Waals surface area contributed by atoms with Gasteiger partial charge in [-0.25, -0.2) is 0 Å². The maximum atomic E-state index is 10.3. The molecule has 0 saturated carbocycles. The Bertz CT molecular complexity index is 353. The van der Waals surface area contributed by atoms with Crippen molar-refractivity contribution in [2.45, 2.75) is 32.6 Å². The standard InChI is InChI=1S/C12H21N3O2/c1-3-14-5-6-17-11(9-14)12(16)10-7-13-15(4-2)8-10/h7-8,11-12,16H,3-6,9H2,1-2H3. The number of hydrogen-bond donors (Lipinski definition) is 1. The van der Waals surface area contributed by atoms with Crippen molar-refractivity contribution in [3.05, 3.63) is 18.0 Å². The van der Waals surface area contributed by atoms with Gasteiger partial charge in [-0.15, -0.1) is 0 Å². The number of aryl methyl sites for hydroxylation is 1. The van der Waals surface area contributed by atoms with Gasteiger partial charge in [0.05, 0.1) is 12.8 Å². The first kappa shape index (κ1) is 12.5. The highest BCUT2D eigenvalue weighted by molar-refractivity contribution is 5.10. The van der Waals surface area contributed by atoms with Crippen LogP contribution in [0.4, 0.5) is 0 Å². The third-order valence-electron chi connectivity index (χ3n) is 3.30. The minimum Gasteiger partial charge on any atom is -0.386 e. The number of aromatic nitrogens is 2. The second-order valence-corrected chi connectivity index (χ2v) is 4.38. The van der Waals surface area contributed by atoms with Crippen molar-refractivity contribution >= 4 is 0 Å². The quantitative estimate of drug-likeness (QED) is 0.838. The molecule has 17 heavy (non-hydrogen) atoms. The molecule has 0 spiro atoms. The summed E-state index contributed by atoms with van der Waals surface area (Å²) in [7, 11) is 0. The molecule has 1 fully saturated rings. The zero-order valence-corrected chi connectivity index (χ0v) is 10.5. The first-order valence-electron chi connectivity index (χ1n) is 6.29. The van der Waals surface area contributed by atoms with Crippen LogP contribution in [0.25, 0.3) is 0 Å². The predicted molar refractivity (Wildman–Crippen MR) is 64.7 cm³/mol. The van der Waals surface area contributed by atoms with E-state index in [1.165, 1.54) is 0 Å². The van der Waals surface area contributed by atoms with Crippen LogP contribution in [0, 0.1) is 0 Å². The molecule has 0 amide bonds. The molecule has 0 aliphatic carbocycles. The monoisotopic (exact) mass is 239 g/mol. The second kappa shape index (κ2) is 5.62. The van der Waals surface area contributed by atoms with Gasteiger partial charge in [0.15, 0.2) is 0 Å². The van der Waals surface area contributed by atoms with Crippen molar-refractivity contribution in [3.63, 3.8) is 0 Å². The Morgan fingerprint density at radius 2 is 2.35 bits per heavy atom. The van der Waals surface area contributed by atoms with E-state index in [2.05, 4.69) is 16.9 Å². The van der Waals surface area contributed by atoms with E-state index in [-0.39, 0.29) is 6.10 Å². The molecular weight excluding hydrogens is 218 g/mol. The highest BCUT2D eigenvalue weighted by Gasteiger charge is 2.27. The minimum absolute atomic E-state index is 0.141. The van der Waals surface area contributed by atoms with Crippen LogP contribution in [-0.2, 0) is 11.3 Å². The zero-order valence-electron chi connectivity index (χ0n) is 10.5. The summed E-state index contributed by atoms with van der Waals surface area (Å²) in [6, 6.07) is 0. The maximum absolute atomic E-state index is 10.3. The fourth-order valence-electron chi connectivity index (χ4n) is 2.13. The molecule has 2 rings (SSSR count). The van der Waals surface area contributed by atoms with Crippen LogP contribution in [-0.4, -0.2) is 52.1 Å². The first-order valence-corrected chi connectivity index (χ1v) is 6.29. The van der Waals surface area contributed by atoms with Crippen molar-refractivity contribution < 1.29 is 9.84 Å². The van der Waals surface area contributed by atoms with Crippen LogP contribution in [0.1, 0.15) is 25.5 Å². The van der Waals surface area contributed by atoms with Crippen molar-refractivity contribution in [2.24, 2.45) is 0 Å². The number of hydrogen-bond acceptors (Lipinski definition) is 4. The lowest BCUT2D eigenvalue weighted by Gasteiger charge is -2.34. The maximum Gasteiger partial charge on any atom is 0.109 e. The van der Waals surface area contributed by atoms with Gasteiger partial charge < -0.3 is 9.84 Å². The van der Waals surface area contributed by atoms with E-state index >= 15 is 0 Å². The molecule has 96 valence electrons. The summed E-state index contributed by atoms with van der Waals surface area (Å²) in [5.74, 6) is 0. The number of morpholine rings is 1. The lowest BCUT2D eigenvalue weighted by molar-refractivity contribution is -0.0889. The molecule has 5 nitrogen and oxygen atoms in total. The van der Waals surface area contributed by atoms with Crippen molar-refractivity contribution in [3.8, 4) is 0 Å². The number of likely N-dealkylation sites (N-methyl/N-ethyl adjacent to an activating group) is 1. The SMILES string of the molecule is CCN1CCOC(C(O)c2cnn(CC)c2)C1. The number of rotatable bonds is 4. The molecule has 1 aromatic rings. The lowest BCUT2D eigenvalue weighted by Crippen LogP contribution is -2.44. The van der Waals surface area contributed by atoms with Crippen molar-refractivity contribution in [1.29, 1.82) is 0 Å². The summed E-state index contributed by atoms with van der Waals surface area (Å²) >= 11 is 0. The van der Waals surface area contributed by atoms with E-state index in [1.807, 2.05) is 17.8 Å². The van der Waals surface area contributed by atoms with E-state index < -0.39 is 6.10 Å². The topological polar surface area (TPSA) is 50.5 Å². The van der Waals surface area contributed by atoms with Crippen LogP contribution in [0.3, 0.4) is 0 Å². The number of ether oxygens (including phenoxy) is 1. The Kier molecular flexibility index (Phi) is 4.15. The van der Waals surface area contributed by atoms with Gasteiger partial charge in [-0.05, 0) is 13.5 Å². The zero-order chi connectivity index (χ0) is 12.3. The highest BCUT2D eigenvalue weighted by Crippen LogP contribution is 2.21. The molecule has 1 aliphatic heterocycles. The molecule has 0 aromatic carbocycles. The van der Waals surface area contributed by atoms with Gasteiger partial charge in [0, 0.05) is 31.4 Å². The highest BCUT2D eigenvalue weighted by atomic mass is 16.5. The Morgan fingerprint density at radius 3 is 3.00 bits per heavy atom. The fraction of sp³-hybridized carbons (Fsp3) is 0.750.